The number of aromatic nitrogens is 4. The standard InChI is InChI=1S/C32H29FN6O5S/c1-2-45(43,44)36-28-6-4-3-5-26(28)22-7-9-23(10-8-22)30(40)37-17-15-32(42,16-18-37)20-38-21-34-29-27(31(38)41)19-35-39(29)25-13-11-24(33)12-14-25/h2-14,19,21,36,42H,1,15-18,20H2. The zero-order valence-electron chi connectivity index (χ0n) is 24.0. The molecule has 1 aliphatic heterocycles. The summed E-state index contributed by atoms with van der Waals surface area (Å²) in [7, 11) is -3.70. The van der Waals surface area contributed by atoms with Crippen LogP contribution < -0.4 is 10.3 Å². The second-order valence-electron chi connectivity index (χ2n) is 10.9. The number of aliphatic hydroxyl groups is 1. The maximum absolute atomic E-state index is 13.3. The Balaban J connectivity index is 1.12. The van der Waals surface area contributed by atoms with Crippen molar-refractivity contribution in [3.05, 3.63) is 119 Å². The number of para-hydroxylation sites is 1. The van der Waals surface area contributed by atoms with Crippen LogP contribution in [0.5, 0.6) is 0 Å². The highest BCUT2D eigenvalue weighted by Gasteiger charge is 2.35. The number of hydrogen-bond acceptors (Lipinski definition) is 7. The van der Waals surface area contributed by atoms with Gasteiger partial charge in [0.25, 0.3) is 21.5 Å². The highest BCUT2D eigenvalue weighted by molar-refractivity contribution is 7.95. The fourth-order valence-electron chi connectivity index (χ4n) is 5.43. The molecule has 3 heterocycles. The van der Waals surface area contributed by atoms with Gasteiger partial charge < -0.3 is 10.0 Å². The van der Waals surface area contributed by atoms with Crippen molar-refractivity contribution in [1.82, 2.24) is 24.2 Å². The number of hydrogen-bond donors (Lipinski definition) is 2. The maximum atomic E-state index is 13.3. The minimum Gasteiger partial charge on any atom is -0.388 e. The number of amides is 1. The van der Waals surface area contributed by atoms with Crippen LogP contribution in [0, 0.1) is 5.82 Å². The first-order chi connectivity index (χ1) is 21.6. The van der Waals surface area contributed by atoms with E-state index in [0.29, 0.717) is 28.1 Å². The van der Waals surface area contributed by atoms with Crippen molar-refractivity contribution in [3.63, 3.8) is 0 Å². The molecule has 5 aromatic rings. The van der Waals surface area contributed by atoms with Gasteiger partial charge >= 0.3 is 0 Å². The number of piperidine rings is 1. The average Bonchev–Trinajstić information content (AvgIpc) is 3.48. The van der Waals surface area contributed by atoms with E-state index in [1.54, 1.807) is 53.4 Å². The van der Waals surface area contributed by atoms with Crippen LogP contribution in [0.3, 0.4) is 0 Å². The van der Waals surface area contributed by atoms with Crippen LogP contribution in [0.1, 0.15) is 23.2 Å². The van der Waals surface area contributed by atoms with Gasteiger partial charge in [-0.1, -0.05) is 36.9 Å². The molecular formula is C32H29FN6O5S. The third-order valence-corrected chi connectivity index (χ3v) is 8.86. The van der Waals surface area contributed by atoms with E-state index in [1.807, 2.05) is 0 Å². The van der Waals surface area contributed by atoms with Crippen LogP contribution in [-0.4, -0.2) is 62.4 Å². The number of nitrogens with zero attached hydrogens (tertiary/aromatic N) is 5. The minimum atomic E-state index is -3.70. The molecule has 2 N–H and O–H groups in total. The molecule has 0 bridgehead atoms. The number of anilines is 1. The van der Waals surface area contributed by atoms with E-state index in [4.69, 9.17) is 0 Å². The van der Waals surface area contributed by atoms with E-state index in [9.17, 15) is 27.5 Å². The van der Waals surface area contributed by atoms with E-state index in [2.05, 4.69) is 21.4 Å². The summed E-state index contributed by atoms with van der Waals surface area (Å²) in [5, 5.41) is 16.7. The molecule has 0 aliphatic carbocycles. The first-order valence-corrected chi connectivity index (χ1v) is 15.7. The molecule has 0 atom stereocenters. The SMILES string of the molecule is C=CS(=O)(=O)Nc1ccccc1-c1ccc(C(=O)N2CCC(O)(Cn3cnc4c(cnn4-c4ccc(F)cc4)c3=O)CC2)cc1. The van der Waals surface area contributed by atoms with E-state index >= 15 is 0 Å². The van der Waals surface area contributed by atoms with Crippen LogP contribution in [0.15, 0.2) is 102 Å². The molecule has 45 heavy (non-hydrogen) atoms. The summed E-state index contributed by atoms with van der Waals surface area (Å²) in [4.78, 5) is 32.6. The Morgan fingerprint density at radius 3 is 2.42 bits per heavy atom. The molecule has 0 saturated carbocycles. The molecule has 230 valence electrons. The Morgan fingerprint density at radius 1 is 1.04 bits per heavy atom. The number of likely N-dealkylation sites (tertiary alicyclic amines) is 1. The number of carbonyl (C=O) groups excluding carboxylic acids is 1. The van der Waals surface area contributed by atoms with Crippen LogP contribution >= 0.6 is 0 Å². The van der Waals surface area contributed by atoms with Gasteiger partial charge in [0, 0.05) is 29.6 Å². The number of benzene rings is 3. The van der Waals surface area contributed by atoms with Gasteiger partial charge in [0.05, 0.1) is 29.7 Å². The molecule has 0 radical (unpaired) electrons. The summed E-state index contributed by atoms with van der Waals surface area (Å²) >= 11 is 0. The molecule has 1 saturated heterocycles. The van der Waals surface area contributed by atoms with Gasteiger partial charge in [-0.05, 0) is 60.9 Å². The average molecular weight is 629 g/mol. The monoisotopic (exact) mass is 628 g/mol. The lowest BCUT2D eigenvalue weighted by molar-refractivity contribution is -0.0299. The third-order valence-electron chi connectivity index (χ3n) is 7.91. The van der Waals surface area contributed by atoms with E-state index in [1.165, 1.54) is 46.0 Å². The van der Waals surface area contributed by atoms with Crippen LogP contribution in [0.4, 0.5) is 10.1 Å². The van der Waals surface area contributed by atoms with Crippen molar-refractivity contribution in [1.29, 1.82) is 0 Å². The zero-order chi connectivity index (χ0) is 31.8. The van der Waals surface area contributed by atoms with Gasteiger partial charge in [0.2, 0.25) is 0 Å². The predicted molar refractivity (Wildman–Crippen MR) is 168 cm³/mol. The molecule has 1 fully saturated rings. The van der Waals surface area contributed by atoms with E-state index in [-0.39, 0.29) is 55.1 Å². The van der Waals surface area contributed by atoms with Crippen molar-refractivity contribution in [3.8, 4) is 16.8 Å². The number of halogens is 1. The van der Waals surface area contributed by atoms with E-state index in [0.717, 1.165) is 11.0 Å². The fourth-order valence-corrected chi connectivity index (χ4v) is 6.00. The molecule has 11 nitrogen and oxygen atoms in total. The molecule has 2 aromatic heterocycles. The van der Waals surface area contributed by atoms with Gasteiger partial charge in [-0.25, -0.2) is 22.5 Å². The summed E-state index contributed by atoms with van der Waals surface area (Å²) in [5.74, 6) is -0.585. The Bertz CT molecular complexity index is 2070. The molecule has 6 rings (SSSR count). The van der Waals surface area contributed by atoms with Crippen LogP contribution in [0.25, 0.3) is 27.8 Å². The predicted octanol–water partition coefficient (Wildman–Crippen LogP) is 3.94. The number of nitrogens with one attached hydrogen (secondary N) is 1. The molecular weight excluding hydrogens is 599 g/mol. The summed E-state index contributed by atoms with van der Waals surface area (Å²) < 4.78 is 42.7. The summed E-state index contributed by atoms with van der Waals surface area (Å²) in [6.45, 7) is 3.90. The summed E-state index contributed by atoms with van der Waals surface area (Å²) in [6, 6.07) is 19.5. The quantitative estimate of drug-likeness (QED) is 0.265. The van der Waals surface area contributed by atoms with Gasteiger partial charge in [0.15, 0.2) is 5.65 Å². The van der Waals surface area contributed by atoms with Crippen molar-refractivity contribution in [2.24, 2.45) is 0 Å². The Kier molecular flexibility index (Phi) is 7.81. The van der Waals surface area contributed by atoms with Crippen LogP contribution in [0.2, 0.25) is 0 Å². The third kappa shape index (κ3) is 6.12. The van der Waals surface area contributed by atoms with Crippen LogP contribution in [-0.2, 0) is 16.6 Å². The largest absolute Gasteiger partial charge is 0.388 e. The van der Waals surface area contributed by atoms with Gasteiger partial charge in [-0.15, -0.1) is 0 Å². The summed E-state index contributed by atoms with van der Waals surface area (Å²) in [5.41, 5.74) is 1.51. The highest BCUT2D eigenvalue weighted by atomic mass is 32.2. The molecule has 1 aliphatic rings. The van der Waals surface area contributed by atoms with Crippen molar-refractivity contribution in [2.75, 3.05) is 17.8 Å². The van der Waals surface area contributed by atoms with Crippen molar-refractivity contribution >= 4 is 32.7 Å². The maximum Gasteiger partial charge on any atom is 0.264 e. The van der Waals surface area contributed by atoms with Gasteiger partial charge in [0.1, 0.15) is 17.5 Å². The lowest BCUT2D eigenvalue weighted by Gasteiger charge is -2.38. The Hall–Kier alpha value is -5.14. The van der Waals surface area contributed by atoms with Gasteiger partial charge in [-0.3, -0.25) is 18.9 Å². The van der Waals surface area contributed by atoms with Gasteiger partial charge in [-0.2, -0.15) is 5.10 Å². The molecule has 1 amide bonds. The summed E-state index contributed by atoms with van der Waals surface area (Å²) in [6.07, 6.45) is 3.28. The van der Waals surface area contributed by atoms with Crippen molar-refractivity contribution in [2.45, 2.75) is 25.0 Å². The Labute approximate surface area is 257 Å². The molecule has 0 unspecified atom stereocenters. The zero-order valence-corrected chi connectivity index (χ0v) is 24.8. The highest BCUT2D eigenvalue weighted by Crippen LogP contribution is 2.30. The lowest BCUT2D eigenvalue weighted by Crippen LogP contribution is -2.49. The first kappa shape index (κ1) is 29.9. The topological polar surface area (TPSA) is 139 Å². The lowest BCUT2D eigenvalue weighted by atomic mass is 9.90. The number of fused-ring (bicyclic) bond motifs is 1. The van der Waals surface area contributed by atoms with E-state index < -0.39 is 15.6 Å². The smallest absolute Gasteiger partial charge is 0.264 e. The Morgan fingerprint density at radius 2 is 1.73 bits per heavy atom. The molecule has 3 aromatic carbocycles. The van der Waals surface area contributed by atoms with Crippen molar-refractivity contribution < 1.29 is 22.7 Å². The second-order valence-corrected chi connectivity index (χ2v) is 12.5. The fraction of sp³-hybridized carbons (Fsp3) is 0.188. The second kappa shape index (κ2) is 11.7. The normalized spacial score (nSPS) is 14.8. The number of carbonyl (C=O) groups is 1. The first-order valence-electron chi connectivity index (χ1n) is 14.1. The molecule has 13 heteroatoms. The number of sulfonamides is 1. The molecule has 0 spiro atoms. The minimum absolute atomic E-state index is 0.00223. The number of rotatable bonds is 8.